The maximum atomic E-state index is 12.6. The third-order valence-electron chi connectivity index (χ3n) is 4.01. The Balaban J connectivity index is 1.82. The average molecular weight is 385 g/mol. The fraction of sp³-hybridized carbons (Fsp3) is 0.158. The molecule has 0 atom stereocenters. The summed E-state index contributed by atoms with van der Waals surface area (Å²) in [6, 6.07) is 13.4. The van der Waals surface area contributed by atoms with Gasteiger partial charge >= 0.3 is 5.69 Å². The third kappa shape index (κ3) is 4.01. The van der Waals surface area contributed by atoms with Crippen LogP contribution in [0.2, 0.25) is 0 Å². The third-order valence-corrected chi connectivity index (χ3v) is 5.67. The van der Waals surface area contributed by atoms with Gasteiger partial charge in [-0.05, 0) is 43.7 Å². The summed E-state index contributed by atoms with van der Waals surface area (Å²) in [5.41, 5.74) is 1.71. The second-order valence-corrected chi connectivity index (χ2v) is 8.06. The molecular formula is C19H19N3O4S. The second kappa shape index (κ2) is 7.24. The van der Waals surface area contributed by atoms with Gasteiger partial charge in [0.25, 0.3) is 10.0 Å². The maximum absolute atomic E-state index is 12.6. The minimum atomic E-state index is -4.01. The van der Waals surface area contributed by atoms with Crippen molar-refractivity contribution in [1.82, 2.24) is 8.54 Å². The van der Waals surface area contributed by atoms with Crippen LogP contribution in [0.4, 0.5) is 5.69 Å². The van der Waals surface area contributed by atoms with Gasteiger partial charge in [-0.25, -0.2) is 13.2 Å². The van der Waals surface area contributed by atoms with Crippen molar-refractivity contribution < 1.29 is 13.2 Å². The normalized spacial score (nSPS) is 11.3. The number of carbonyl (C=O) groups is 1. The van der Waals surface area contributed by atoms with E-state index < -0.39 is 21.6 Å². The number of amides is 1. The average Bonchev–Trinajstić information content (AvgIpc) is 2.96. The smallest absolute Gasteiger partial charge is 0.325 e. The second-order valence-electron chi connectivity index (χ2n) is 6.24. The molecule has 27 heavy (non-hydrogen) atoms. The molecule has 140 valence electrons. The van der Waals surface area contributed by atoms with Crippen LogP contribution in [-0.2, 0) is 21.4 Å². The van der Waals surface area contributed by atoms with E-state index in [1.807, 2.05) is 26.0 Å². The largest absolute Gasteiger partial charge is 0.342 e. The highest BCUT2D eigenvalue weighted by Gasteiger charge is 2.21. The molecule has 0 aliphatic carbocycles. The number of nitrogens with one attached hydrogen (secondary N) is 1. The zero-order chi connectivity index (χ0) is 19.6. The molecule has 0 fully saturated rings. The summed E-state index contributed by atoms with van der Waals surface area (Å²) in [5, 5.41) is 2.69. The van der Waals surface area contributed by atoms with Gasteiger partial charge in [0.05, 0.1) is 4.90 Å². The number of hydrogen-bond acceptors (Lipinski definition) is 4. The van der Waals surface area contributed by atoms with E-state index in [9.17, 15) is 18.0 Å². The lowest BCUT2D eigenvalue weighted by atomic mass is 10.2. The van der Waals surface area contributed by atoms with Crippen LogP contribution in [0.1, 0.15) is 11.1 Å². The van der Waals surface area contributed by atoms with Gasteiger partial charge in [-0.2, -0.15) is 3.97 Å². The first-order chi connectivity index (χ1) is 12.8. The summed E-state index contributed by atoms with van der Waals surface area (Å²) in [7, 11) is -4.01. The molecule has 3 rings (SSSR count). The summed E-state index contributed by atoms with van der Waals surface area (Å²) < 4.78 is 27.0. The summed E-state index contributed by atoms with van der Waals surface area (Å²) in [6.45, 7) is 3.45. The number of hydrogen-bond donors (Lipinski definition) is 1. The van der Waals surface area contributed by atoms with Gasteiger partial charge in [0.15, 0.2) is 0 Å². The molecule has 0 spiro atoms. The molecule has 0 bridgehead atoms. The number of anilines is 1. The van der Waals surface area contributed by atoms with Crippen molar-refractivity contribution in [2.75, 3.05) is 5.32 Å². The number of rotatable bonds is 5. The minimum Gasteiger partial charge on any atom is -0.325 e. The van der Waals surface area contributed by atoms with E-state index in [0.29, 0.717) is 9.66 Å². The van der Waals surface area contributed by atoms with Crippen molar-refractivity contribution in [3.63, 3.8) is 0 Å². The first-order valence-electron chi connectivity index (χ1n) is 8.24. The predicted molar refractivity (Wildman–Crippen MR) is 102 cm³/mol. The first kappa shape index (κ1) is 18.7. The van der Waals surface area contributed by atoms with Crippen LogP contribution in [0.5, 0.6) is 0 Å². The number of aryl methyl sites for hydroxylation is 2. The van der Waals surface area contributed by atoms with Gasteiger partial charge in [0, 0.05) is 18.1 Å². The van der Waals surface area contributed by atoms with Crippen molar-refractivity contribution in [3.05, 3.63) is 82.5 Å². The molecule has 1 amide bonds. The molecule has 2 aromatic carbocycles. The molecule has 0 saturated heterocycles. The Bertz CT molecular complexity index is 1140. The zero-order valence-corrected chi connectivity index (χ0v) is 15.7. The molecule has 1 heterocycles. The maximum Gasteiger partial charge on any atom is 0.342 e. The minimum absolute atomic E-state index is 0.0113. The summed E-state index contributed by atoms with van der Waals surface area (Å²) in [5.74, 6) is -0.423. The lowest BCUT2D eigenvalue weighted by Crippen LogP contribution is -2.32. The van der Waals surface area contributed by atoms with Crippen molar-refractivity contribution >= 4 is 21.6 Å². The number of benzene rings is 2. The number of aromatic nitrogens is 2. The van der Waals surface area contributed by atoms with Crippen LogP contribution in [0.25, 0.3) is 0 Å². The van der Waals surface area contributed by atoms with Gasteiger partial charge < -0.3 is 5.32 Å². The Morgan fingerprint density at radius 1 is 1.00 bits per heavy atom. The lowest BCUT2D eigenvalue weighted by molar-refractivity contribution is -0.116. The molecule has 0 aliphatic rings. The fourth-order valence-corrected chi connectivity index (χ4v) is 3.83. The Kier molecular flexibility index (Phi) is 5.00. The standard InChI is InChI=1S/C19H19N3O4S/c1-14-6-8-17(9-7-14)27(25,26)22-11-10-21(19(22)24)13-18(23)20-16-5-3-4-15(2)12-16/h3-12H,13H2,1-2H3,(H,20,23). The number of nitrogens with zero attached hydrogens (tertiary/aromatic N) is 2. The van der Waals surface area contributed by atoms with Crippen LogP contribution in [0.15, 0.2) is 70.6 Å². The summed E-state index contributed by atoms with van der Waals surface area (Å²) in [6.07, 6.45) is 2.43. The molecule has 8 heteroatoms. The van der Waals surface area contributed by atoms with Crippen molar-refractivity contribution in [2.45, 2.75) is 25.3 Å². The number of imidazole rings is 1. The van der Waals surface area contributed by atoms with Gasteiger partial charge in [0.2, 0.25) is 5.91 Å². The van der Waals surface area contributed by atoms with Gasteiger partial charge in [-0.3, -0.25) is 9.36 Å². The number of carbonyl (C=O) groups excluding carboxylic acids is 1. The monoisotopic (exact) mass is 385 g/mol. The van der Waals surface area contributed by atoms with Crippen molar-refractivity contribution in [2.24, 2.45) is 0 Å². The summed E-state index contributed by atoms with van der Waals surface area (Å²) >= 11 is 0. The van der Waals surface area contributed by atoms with E-state index >= 15 is 0 Å². The molecule has 0 radical (unpaired) electrons. The van der Waals surface area contributed by atoms with E-state index in [4.69, 9.17) is 0 Å². The Morgan fingerprint density at radius 3 is 2.37 bits per heavy atom. The topological polar surface area (TPSA) is 90.2 Å². The van der Waals surface area contributed by atoms with E-state index in [2.05, 4.69) is 5.32 Å². The molecule has 1 aromatic heterocycles. The molecule has 0 saturated carbocycles. The molecule has 3 aromatic rings. The Hall–Kier alpha value is -3.13. The van der Waals surface area contributed by atoms with E-state index in [1.54, 1.807) is 24.3 Å². The highest BCUT2D eigenvalue weighted by Crippen LogP contribution is 2.13. The molecular weight excluding hydrogens is 366 g/mol. The van der Waals surface area contributed by atoms with Crippen LogP contribution >= 0.6 is 0 Å². The van der Waals surface area contributed by atoms with Crippen LogP contribution < -0.4 is 11.0 Å². The SMILES string of the molecule is Cc1ccc(S(=O)(=O)n2ccn(CC(=O)Nc3cccc(C)c3)c2=O)cc1. The predicted octanol–water partition coefficient (Wildman–Crippen LogP) is 2.14. The fourth-order valence-electron chi connectivity index (χ4n) is 2.60. The van der Waals surface area contributed by atoms with Crippen molar-refractivity contribution in [3.8, 4) is 0 Å². The molecule has 7 nitrogen and oxygen atoms in total. The quantitative estimate of drug-likeness (QED) is 0.729. The Morgan fingerprint density at radius 2 is 1.70 bits per heavy atom. The highest BCUT2D eigenvalue weighted by atomic mass is 32.2. The molecule has 1 N–H and O–H groups in total. The highest BCUT2D eigenvalue weighted by molar-refractivity contribution is 7.90. The van der Waals surface area contributed by atoms with Gasteiger partial charge in [0.1, 0.15) is 6.54 Å². The van der Waals surface area contributed by atoms with E-state index in [0.717, 1.165) is 21.9 Å². The van der Waals surface area contributed by atoms with Crippen LogP contribution in [-0.4, -0.2) is 22.9 Å². The Labute approximate surface area is 156 Å². The molecule has 0 aliphatic heterocycles. The van der Waals surface area contributed by atoms with E-state index in [1.165, 1.54) is 18.3 Å². The molecule has 0 unspecified atom stereocenters. The van der Waals surface area contributed by atoms with Gasteiger partial charge in [-0.1, -0.05) is 29.8 Å². The summed E-state index contributed by atoms with van der Waals surface area (Å²) in [4.78, 5) is 24.7. The van der Waals surface area contributed by atoms with E-state index in [-0.39, 0.29) is 11.4 Å². The lowest BCUT2D eigenvalue weighted by Gasteiger charge is -2.07. The van der Waals surface area contributed by atoms with Crippen molar-refractivity contribution in [1.29, 1.82) is 0 Å². The zero-order valence-electron chi connectivity index (χ0n) is 14.9. The van der Waals surface area contributed by atoms with Gasteiger partial charge in [-0.15, -0.1) is 0 Å². The van der Waals surface area contributed by atoms with Crippen LogP contribution in [0, 0.1) is 13.8 Å². The van der Waals surface area contributed by atoms with Crippen LogP contribution in [0.3, 0.4) is 0 Å². The first-order valence-corrected chi connectivity index (χ1v) is 9.68.